The van der Waals surface area contributed by atoms with Gasteiger partial charge in [-0.2, -0.15) is 5.26 Å². The van der Waals surface area contributed by atoms with Crippen LogP contribution in [0.4, 0.5) is 0 Å². The van der Waals surface area contributed by atoms with Crippen LogP contribution in [0.3, 0.4) is 0 Å². The third kappa shape index (κ3) is 4.19. The first-order valence-corrected chi connectivity index (χ1v) is 13.0. The fourth-order valence-corrected chi connectivity index (χ4v) is 6.20. The maximum Gasteiger partial charge on any atom is 0.240 e. The summed E-state index contributed by atoms with van der Waals surface area (Å²) in [5, 5.41) is 14.2. The number of nitrogens with one attached hydrogen (secondary N) is 1. The lowest BCUT2D eigenvalue weighted by atomic mass is 9.70. The number of ketones is 1. The number of allylic oxidation sites excluding steroid dienone is 3. The molecule has 3 N–H and O–H groups in total. The minimum atomic E-state index is -0.615. The number of carbonyl (C=O) groups is 2. The number of hydrogen-bond acceptors (Lipinski definition) is 5. The van der Waals surface area contributed by atoms with Crippen LogP contribution in [-0.2, 0) is 27.3 Å². The molecule has 1 aliphatic heterocycles. The van der Waals surface area contributed by atoms with Gasteiger partial charge in [0.05, 0.1) is 11.4 Å². The van der Waals surface area contributed by atoms with Gasteiger partial charge in [0, 0.05) is 36.0 Å². The minimum Gasteiger partial charge on any atom is -0.444 e. The van der Waals surface area contributed by atoms with Gasteiger partial charge >= 0.3 is 0 Å². The number of Topliss-reactive ketones (excluding diaryl/α,β-unsaturated/α-hetero) is 1. The average Bonchev–Trinajstić information content (AvgIpc) is 3.45. The lowest BCUT2D eigenvalue weighted by Crippen LogP contribution is -2.35. The summed E-state index contributed by atoms with van der Waals surface area (Å²) in [6.45, 7) is 6.34. The first-order chi connectivity index (χ1) is 17.2. The average molecular weight is 487 g/mol. The van der Waals surface area contributed by atoms with Gasteiger partial charge in [0.15, 0.2) is 5.78 Å². The molecule has 2 aliphatic carbocycles. The molecule has 7 nitrogen and oxygen atoms in total. The molecule has 1 aromatic carbocycles. The first-order valence-electron chi connectivity index (χ1n) is 13.0. The van der Waals surface area contributed by atoms with Crippen LogP contribution in [0.5, 0.6) is 0 Å². The third-order valence-corrected chi connectivity index (χ3v) is 7.81. The lowest BCUT2D eigenvalue weighted by molar-refractivity contribution is -0.122. The molecule has 0 bridgehead atoms. The van der Waals surface area contributed by atoms with E-state index in [0.29, 0.717) is 24.2 Å². The van der Waals surface area contributed by atoms with E-state index in [1.54, 1.807) is 0 Å². The maximum atomic E-state index is 13.5. The molecule has 5 rings (SSSR count). The Labute approximate surface area is 212 Å². The van der Waals surface area contributed by atoms with Crippen LogP contribution in [0.25, 0.3) is 10.9 Å². The van der Waals surface area contributed by atoms with Crippen LogP contribution in [0.1, 0.15) is 76.3 Å². The normalized spacial score (nSPS) is 21.9. The van der Waals surface area contributed by atoms with Crippen molar-refractivity contribution in [3.63, 3.8) is 0 Å². The van der Waals surface area contributed by atoms with E-state index >= 15 is 0 Å². The van der Waals surface area contributed by atoms with E-state index in [1.807, 2.05) is 36.7 Å². The van der Waals surface area contributed by atoms with Crippen LogP contribution in [0.2, 0.25) is 0 Å². The predicted octanol–water partition coefficient (Wildman–Crippen LogP) is 4.71. The van der Waals surface area contributed by atoms with Gasteiger partial charge in [-0.05, 0) is 35.8 Å². The Morgan fingerprint density at radius 2 is 2.03 bits per heavy atom. The van der Waals surface area contributed by atoms with Gasteiger partial charge in [-0.15, -0.1) is 0 Å². The Morgan fingerprint density at radius 3 is 2.72 bits per heavy atom. The number of nitrogens with zero attached hydrogens (tertiary/aromatic N) is 2. The summed E-state index contributed by atoms with van der Waals surface area (Å²) < 4.78 is 7.86. The Balaban J connectivity index is 1.64. The number of nitrogens with two attached hydrogens (primary N) is 1. The number of aromatic nitrogens is 1. The Kier molecular flexibility index (Phi) is 6.15. The van der Waals surface area contributed by atoms with Crippen molar-refractivity contribution in [1.29, 1.82) is 5.26 Å². The van der Waals surface area contributed by atoms with E-state index in [0.717, 1.165) is 54.1 Å². The van der Waals surface area contributed by atoms with E-state index in [-0.39, 0.29) is 41.1 Å². The molecule has 1 atom stereocenters. The maximum absolute atomic E-state index is 13.5. The molecule has 1 saturated carbocycles. The molecule has 0 radical (unpaired) electrons. The van der Waals surface area contributed by atoms with Crippen molar-refractivity contribution in [2.45, 2.75) is 84.2 Å². The molecule has 36 heavy (non-hydrogen) atoms. The van der Waals surface area contributed by atoms with E-state index in [2.05, 4.69) is 24.4 Å². The molecule has 2 aromatic rings. The van der Waals surface area contributed by atoms with Crippen LogP contribution in [0, 0.1) is 16.7 Å². The molecule has 1 amide bonds. The van der Waals surface area contributed by atoms with Gasteiger partial charge in [-0.1, -0.05) is 51.8 Å². The van der Waals surface area contributed by atoms with E-state index in [4.69, 9.17) is 10.5 Å². The van der Waals surface area contributed by atoms with Crippen LogP contribution < -0.4 is 11.1 Å². The Bertz CT molecular complexity index is 1350. The number of benzene rings is 1. The molecule has 1 fully saturated rings. The van der Waals surface area contributed by atoms with Gasteiger partial charge in [-0.25, -0.2) is 0 Å². The monoisotopic (exact) mass is 486 g/mol. The number of hydrogen-bond donors (Lipinski definition) is 2. The van der Waals surface area contributed by atoms with Crippen molar-refractivity contribution in [2.75, 3.05) is 0 Å². The second-order valence-corrected chi connectivity index (χ2v) is 11.1. The molecule has 0 saturated heterocycles. The van der Waals surface area contributed by atoms with E-state index in [9.17, 15) is 14.9 Å². The van der Waals surface area contributed by atoms with Crippen molar-refractivity contribution in [1.82, 2.24) is 9.88 Å². The molecule has 1 aromatic heterocycles. The zero-order chi connectivity index (χ0) is 25.6. The largest absolute Gasteiger partial charge is 0.444 e. The summed E-state index contributed by atoms with van der Waals surface area (Å²) in [6.07, 6.45) is 8.04. The predicted molar refractivity (Wildman–Crippen MR) is 137 cm³/mol. The lowest BCUT2D eigenvalue weighted by Gasteiger charge is -2.37. The van der Waals surface area contributed by atoms with Gasteiger partial charge in [0.2, 0.25) is 11.8 Å². The molecule has 188 valence electrons. The molecular formula is C29H34N4O3. The summed E-state index contributed by atoms with van der Waals surface area (Å²) in [5.74, 6) is -0.0362. The van der Waals surface area contributed by atoms with Crippen molar-refractivity contribution in [3.05, 3.63) is 58.3 Å². The fourth-order valence-electron chi connectivity index (χ4n) is 6.20. The van der Waals surface area contributed by atoms with Gasteiger partial charge in [0.1, 0.15) is 23.9 Å². The van der Waals surface area contributed by atoms with Crippen molar-refractivity contribution in [3.8, 4) is 6.07 Å². The number of rotatable bonds is 5. The molecule has 2 heterocycles. The van der Waals surface area contributed by atoms with Crippen LogP contribution in [0.15, 0.2) is 47.2 Å². The van der Waals surface area contributed by atoms with Gasteiger partial charge in [-0.3, -0.25) is 9.59 Å². The number of carbonyl (C=O) groups excluding carboxylic acids is 2. The summed E-state index contributed by atoms with van der Waals surface area (Å²) >= 11 is 0. The Hall–Kier alpha value is -3.53. The highest BCUT2D eigenvalue weighted by Gasteiger charge is 2.44. The minimum absolute atomic E-state index is 0.0157. The highest BCUT2D eigenvalue weighted by molar-refractivity contribution is 6.01. The topological polar surface area (TPSA) is 110 Å². The van der Waals surface area contributed by atoms with Crippen molar-refractivity contribution in [2.24, 2.45) is 11.1 Å². The molecule has 1 unspecified atom stereocenters. The second-order valence-electron chi connectivity index (χ2n) is 11.1. The SMILES string of the molecule is CCc1cccc2c(C3C(C#N)=C(N)OC4=C3C(=O)CC(C)(C)C4)cn(CC(=O)NC3CCCC3)c12. The first kappa shape index (κ1) is 24.2. The van der Waals surface area contributed by atoms with Gasteiger partial charge < -0.3 is 20.4 Å². The second kappa shape index (κ2) is 9.16. The number of ether oxygens (including phenoxy) is 1. The Morgan fingerprint density at radius 1 is 1.28 bits per heavy atom. The summed E-state index contributed by atoms with van der Waals surface area (Å²) in [6, 6.07) is 8.53. The van der Waals surface area contributed by atoms with Crippen LogP contribution >= 0.6 is 0 Å². The molecule has 3 aliphatic rings. The van der Waals surface area contributed by atoms with Crippen molar-refractivity contribution >= 4 is 22.6 Å². The van der Waals surface area contributed by atoms with E-state index in [1.165, 1.54) is 0 Å². The summed E-state index contributed by atoms with van der Waals surface area (Å²) in [5.41, 5.74) is 9.68. The number of nitriles is 1. The number of fused-ring (bicyclic) bond motifs is 1. The molecule has 7 heteroatoms. The van der Waals surface area contributed by atoms with Crippen LogP contribution in [-0.4, -0.2) is 22.3 Å². The molecular weight excluding hydrogens is 452 g/mol. The zero-order valence-electron chi connectivity index (χ0n) is 21.3. The zero-order valence-corrected chi connectivity index (χ0v) is 21.3. The number of amides is 1. The highest BCUT2D eigenvalue weighted by atomic mass is 16.5. The highest BCUT2D eigenvalue weighted by Crippen LogP contribution is 2.49. The molecule has 0 spiro atoms. The fraction of sp³-hybridized carbons (Fsp3) is 0.483. The third-order valence-electron chi connectivity index (χ3n) is 7.81. The quantitative estimate of drug-likeness (QED) is 0.636. The smallest absolute Gasteiger partial charge is 0.240 e. The number of aryl methyl sites for hydroxylation is 1. The van der Waals surface area contributed by atoms with Crippen molar-refractivity contribution < 1.29 is 14.3 Å². The van der Waals surface area contributed by atoms with E-state index < -0.39 is 5.92 Å². The summed E-state index contributed by atoms with van der Waals surface area (Å²) in [7, 11) is 0. The van der Waals surface area contributed by atoms with Gasteiger partial charge in [0.25, 0.3) is 0 Å². The number of para-hydroxylation sites is 1. The standard InChI is InChI=1S/C29H34N4O3/c1-4-17-8-7-11-19-21(15-33(27(17)19)16-24(35)32-18-9-5-6-10-18)25-20(14-30)28(31)36-23-13-29(2,3)12-22(34)26(23)25/h7-8,11,15,18,25H,4-6,9-10,12-13,16,31H2,1-3H3,(H,32,35). The summed E-state index contributed by atoms with van der Waals surface area (Å²) in [4.78, 5) is 26.5.